The van der Waals surface area contributed by atoms with Crippen molar-refractivity contribution < 1.29 is 14.1 Å². The quantitative estimate of drug-likeness (QED) is 0.627. The first kappa shape index (κ1) is 18.7. The molecular weight excluding hydrogens is 372 g/mol. The van der Waals surface area contributed by atoms with Crippen molar-refractivity contribution in [2.24, 2.45) is 5.73 Å². The fourth-order valence-electron chi connectivity index (χ4n) is 3.74. The summed E-state index contributed by atoms with van der Waals surface area (Å²) in [5, 5.41) is 7.05. The van der Waals surface area contributed by atoms with Gasteiger partial charge in [0.25, 0.3) is 17.4 Å². The fraction of sp³-hybridized carbons (Fsp3) is 0.238. The summed E-state index contributed by atoms with van der Waals surface area (Å²) in [7, 11) is 0. The van der Waals surface area contributed by atoms with Crippen molar-refractivity contribution >= 4 is 11.8 Å². The number of pyridine rings is 1. The molecule has 1 aliphatic rings. The molecule has 8 nitrogen and oxygen atoms in total. The third kappa shape index (κ3) is 3.44. The first-order valence-electron chi connectivity index (χ1n) is 9.34. The minimum atomic E-state index is -0.800. The molecule has 0 saturated carbocycles. The second kappa shape index (κ2) is 7.38. The van der Waals surface area contributed by atoms with E-state index in [1.165, 1.54) is 6.07 Å². The number of nitrogens with one attached hydrogen (secondary N) is 2. The molecule has 0 fully saturated rings. The van der Waals surface area contributed by atoms with Crippen molar-refractivity contribution in [3.05, 3.63) is 74.9 Å². The molecule has 1 unspecified atom stereocenters. The first-order valence-corrected chi connectivity index (χ1v) is 9.34. The van der Waals surface area contributed by atoms with Gasteiger partial charge in [0.1, 0.15) is 22.6 Å². The van der Waals surface area contributed by atoms with Gasteiger partial charge in [-0.15, -0.1) is 0 Å². The molecule has 1 atom stereocenters. The van der Waals surface area contributed by atoms with Crippen LogP contribution in [-0.4, -0.2) is 22.0 Å². The molecule has 29 heavy (non-hydrogen) atoms. The number of rotatable bonds is 4. The lowest BCUT2D eigenvalue weighted by atomic mass is 9.90. The Morgan fingerprint density at radius 1 is 1.28 bits per heavy atom. The molecule has 0 bridgehead atoms. The van der Waals surface area contributed by atoms with Crippen LogP contribution in [0.3, 0.4) is 0 Å². The second-order valence-corrected chi connectivity index (χ2v) is 7.06. The average molecular weight is 392 g/mol. The Hall–Kier alpha value is -3.68. The Balaban J connectivity index is 1.68. The molecule has 0 radical (unpaired) electrons. The predicted octanol–water partition coefficient (Wildman–Crippen LogP) is 2.24. The molecule has 4 N–H and O–H groups in total. The van der Waals surface area contributed by atoms with Crippen LogP contribution in [0.5, 0.6) is 0 Å². The summed E-state index contributed by atoms with van der Waals surface area (Å²) in [5.74, 6) is -0.713. The molecular formula is C21H20N4O4. The van der Waals surface area contributed by atoms with Crippen molar-refractivity contribution in [3.8, 4) is 11.3 Å². The lowest BCUT2D eigenvalue weighted by Gasteiger charge is -2.26. The topological polar surface area (TPSA) is 131 Å². The van der Waals surface area contributed by atoms with E-state index in [0.29, 0.717) is 41.1 Å². The van der Waals surface area contributed by atoms with Crippen molar-refractivity contribution in [1.82, 2.24) is 15.5 Å². The Kier molecular flexibility index (Phi) is 4.75. The molecule has 4 rings (SSSR count). The van der Waals surface area contributed by atoms with Crippen LogP contribution < -0.4 is 16.6 Å². The van der Waals surface area contributed by atoms with E-state index in [1.54, 1.807) is 6.92 Å². The zero-order valence-corrected chi connectivity index (χ0v) is 15.8. The molecule has 1 aliphatic carbocycles. The number of nitrogens with zero attached hydrogens (tertiary/aromatic N) is 1. The highest BCUT2D eigenvalue weighted by atomic mass is 16.5. The number of benzene rings is 1. The molecule has 2 heterocycles. The maximum atomic E-state index is 13.1. The number of fused-ring (bicyclic) bond motifs is 1. The highest BCUT2D eigenvalue weighted by molar-refractivity contribution is 6.01. The van der Waals surface area contributed by atoms with Crippen molar-refractivity contribution in [1.29, 1.82) is 0 Å². The number of amides is 2. The number of hydrogen-bond donors (Lipinski definition) is 3. The smallest absolute Gasteiger partial charge is 0.261 e. The summed E-state index contributed by atoms with van der Waals surface area (Å²) in [5.41, 5.74) is 7.71. The summed E-state index contributed by atoms with van der Waals surface area (Å²) < 4.78 is 5.28. The van der Waals surface area contributed by atoms with Gasteiger partial charge in [-0.25, -0.2) is 0 Å². The number of carbonyl (C=O) groups excluding carboxylic acids is 2. The van der Waals surface area contributed by atoms with Gasteiger partial charge in [-0.1, -0.05) is 35.5 Å². The molecule has 0 saturated heterocycles. The highest BCUT2D eigenvalue weighted by Gasteiger charge is 2.28. The van der Waals surface area contributed by atoms with Crippen LogP contribution in [-0.2, 0) is 6.42 Å². The van der Waals surface area contributed by atoms with Crippen LogP contribution in [0.25, 0.3) is 11.3 Å². The summed E-state index contributed by atoms with van der Waals surface area (Å²) in [6, 6.07) is 10.4. The monoisotopic (exact) mass is 392 g/mol. The van der Waals surface area contributed by atoms with E-state index in [0.717, 1.165) is 12.0 Å². The van der Waals surface area contributed by atoms with E-state index in [-0.39, 0.29) is 17.5 Å². The first-order chi connectivity index (χ1) is 14.0. The third-order valence-electron chi connectivity index (χ3n) is 5.16. The number of carbonyl (C=O) groups is 2. The summed E-state index contributed by atoms with van der Waals surface area (Å²) in [4.78, 5) is 39.4. The van der Waals surface area contributed by atoms with Gasteiger partial charge >= 0.3 is 0 Å². The fourth-order valence-corrected chi connectivity index (χ4v) is 3.74. The molecule has 2 amide bonds. The average Bonchev–Trinajstić information content (AvgIpc) is 3.09. The maximum Gasteiger partial charge on any atom is 0.261 e. The van der Waals surface area contributed by atoms with Crippen LogP contribution in [0, 0.1) is 6.92 Å². The number of primary amides is 1. The summed E-state index contributed by atoms with van der Waals surface area (Å²) in [6.07, 6.45) is 2.13. The lowest BCUT2D eigenvalue weighted by Crippen LogP contribution is -2.34. The third-order valence-corrected chi connectivity index (χ3v) is 5.16. The van der Waals surface area contributed by atoms with Gasteiger partial charge in [0.15, 0.2) is 0 Å². The van der Waals surface area contributed by atoms with Crippen molar-refractivity contribution in [2.45, 2.75) is 32.2 Å². The zero-order valence-electron chi connectivity index (χ0n) is 15.8. The van der Waals surface area contributed by atoms with Gasteiger partial charge in [-0.3, -0.25) is 14.4 Å². The Morgan fingerprint density at radius 2 is 2.03 bits per heavy atom. The van der Waals surface area contributed by atoms with Gasteiger partial charge in [-0.05, 0) is 37.8 Å². The van der Waals surface area contributed by atoms with Gasteiger partial charge in [0, 0.05) is 11.3 Å². The minimum absolute atomic E-state index is 0.115. The minimum Gasteiger partial charge on any atom is -0.365 e. The molecule has 8 heteroatoms. The largest absolute Gasteiger partial charge is 0.365 e. The van der Waals surface area contributed by atoms with Crippen LogP contribution in [0.4, 0.5) is 0 Å². The molecule has 0 spiro atoms. The van der Waals surface area contributed by atoms with Crippen LogP contribution in [0.15, 0.2) is 45.7 Å². The van der Waals surface area contributed by atoms with E-state index in [4.69, 9.17) is 10.3 Å². The van der Waals surface area contributed by atoms with E-state index in [1.807, 2.05) is 30.3 Å². The van der Waals surface area contributed by atoms with E-state index >= 15 is 0 Å². The number of H-pyrrole nitrogens is 1. The lowest BCUT2D eigenvalue weighted by molar-refractivity contribution is 0.0931. The molecule has 2 aromatic heterocycles. The number of aromatic nitrogens is 2. The summed E-state index contributed by atoms with van der Waals surface area (Å²) >= 11 is 0. The number of nitrogens with two attached hydrogens (primary N) is 1. The summed E-state index contributed by atoms with van der Waals surface area (Å²) in [6.45, 7) is 1.69. The van der Waals surface area contributed by atoms with Crippen LogP contribution in [0.1, 0.15) is 56.6 Å². The predicted molar refractivity (Wildman–Crippen MR) is 105 cm³/mol. The standard InChI is InChI=1S/C21H20N4O4/c1-11-17(18(25-29-11)12-6-3-2-4-7-12)21(28)24-16-9-5-8-15-13(16)10-14(19(22)26)20(27)23-15/h2-4,6-7,10,16H,5,8-9H2,1H3,(H2,22,26)(H,23,27)(H,24,28). The van der Waals surface area contributed by atoms with Gasteiger partial charge < -0.3 is 20.6 Å². The van der Waals surface area contributed by atoms with Crippen LogP contribution in [0.2, 0.25) is 0 Å². The number of hydrogen-bond acceptors (Lipinski definition) is 5. The molecule has 0 aliphatic heterocycles. The Labute approximate surface area is 166 Å². The van der Waals surface area contributed by atoms with Gasteiger partial charge in [0.05, 0.1) is 6.04 Å². The zero-order chi connectivity index (χ0) is 20.5. The van der Waals surface area contributed by atoms with Crippen LogP contribution >= 0.6 is 0 Å². The number of aryl methyl sites for hydroxylation is 2. The highest BCUT2D eigenvalue weighted by Crippen LogP contribution is 2.30. The Bertz CT molecular complexity index is 1150. The normalized spacial score (nSPS) is 15.6. The van der Waals surface area contributed by atoms with Gasteiger partial charge in [-0.2, -0.15) is 0 Å². The van der Waals surface area contributed by atoms with Crippen molar-refractivity contribution in [2.75, 3.05) is 0 Å². The van der Waals surface area contributed by atoms with E-state index < -0.39 is 11.5 Å². The van der Waals surface area contributed by atoms with E-state index in [2.05, 4.69) is 15.5 Å². The number of aromatic amines is 1. The molecule has 1 aromatic carbocycles. The molecule has 148 valence electrons. The van der Waals surface area contributed by atoms with E-state index in [9.17, 15) is 14.4 Å². The molecule has 3 aromatic rings. The maximum absolute atomic E-state index is 13.1. The second-order valence-electron chi connectivity index (χ2n) is 7.06. The van der Waals surface area contributed by atoms with Crippen molar-refractivity contribution in [3.63, 3.8) is 0 Å². The SMILES string of the molecule is Cc1onc(-c2ccccc2)c1C(=O)NC1CCCc2[nH]c(=O)c(C(N)=O)cc21. The van der Waals surface area contributed by atoms with Gasteiger partial charge in [0.2, 0.25) is 0 Å². The Morgan fingerprint density at radius 3 is 2.76 bits per heavy atom.